The van der Waals surface area contributed by atoms with Gasteiger partial charge in [-0.25, -0.2) is 0 Å². The molecule has 0 aromatic heterocycles. The Labute approximate surface area is 113 Å². The van der Waals surface area contributed by atoms with Crippen LogP contribution in [0.25, 0.3) is 0 Å². The lowest BCUT2D eigenvalue weighted by atomic mass is 10.0. The highest BCUT2D eigenvalue weighted by molar-refractivity contribution is 9.10. The fourth-order valence-corrected chi connectivity index (χ4v) is 2.70. The summed E-state index contributed by atoms with van der Waals surface area (Å²) >= 11 is 6.74. The number of carbonyl (C=O) groups excluding carboxylic acids is 1. The van der Waals surface area contributed by atoms with E-state index in [0.717, 1.165) is 16.2 Å². The van der Waals surface area contributed by atoms with Gasteiger partial charge < -0.3 is 5.32 Å². The van der Waals surface area contributed by atoms with Crippen LogP contribution >= 0.6 is 31.9 Å². The molecule has 0 heterocycles. The summed E-state index contributed by atoms with van der Waals surface area (Å²) in [6.45, 7) is 4.04. The average Bonchev–Trinajstić information content (AvgIpc) is 2.16. The minimum atomic E-state index is -0.192. The van der Waals surface area contributed by atoms with Crippen LogP contribution < -0.4 is 5.32 Å². The van der Waals surface area contributed by atoms with E-state index >= 15 is 0 Å². The minimum Gasteiger partial charge on any atom is -0.347 e. The Bertz CT molecular complexity index is 377. The van der Waals surface area contributed by atoms with Crippen molar-refractivity contribution in [1.82, 2.24) is 5.32 Å². The molecule has 0 spiro atoms. The quantitative estimate of drug-likeness (QED) is 0.825. The fourth-order valence-electron chi connectivity index (χ4n) is 1.31. The number of hydrogen-bond acceptors (Lipinski definition) is 1. The molecule has 0 aliphatic carbocycles. The van der Waals surface area contributed by atoms with Crippen LogP contribution in [0, 0.1) is 0 Å². The van der Waals surface area contributed by atoms with Gasteiger partial charge in [-0.2, -0.15) is 0 Å². The third-order valence-electron chi connectivity index (χ3n) is 2.26. The topological polar surface area (TPSA) is 29.1 Å². The highest BCUT2D eigenvalue weighted by Crippen LogP contribution is 2.14. The van der Waals surface area contributed by atoms with Crippen molar-refractivity contribution in [1.29, 1.82) is 0 Å². The zero-order valence-electron chi connectivity index (χ0n) is 9.39. The first-order valence-corrected chi connectivity index (χ1v) is 7.00. The molecule has 1 aromatic carbocycles. The number of rotatable bonds is 4. The predicted octanol–water partition coefficient (Wildman–Crippen LogP) is 3.74. The summed E-state index contributed by atoms with van der Waals surface area (Å²) in [5.41, 5.74) is 0.486. The van der Waals surface area contributed by atoms with Crippen molar-refractivity contribution < 1.29 is 4.79 Å². The Morgan fingerprint density at radius 1 is 1.44 bits per heavy atom. The molecule has 2 nitrogen and oxygen atoms in total. The first kappa shape index (κ1) is 13.7. The van der Waals surface area contributed by atoms with Crippen molar-refractivity contribution in [2.24, 2.45) is 0 Å². The van der Waals surface area contributed by atoms with E-state index in [1.807, 2.05) is 38.1 Å². The number of carbonyl (C=O) groups is 1. The van der Waals surface area contributed by atoms with Crippen LogP contribution in [0.15, 0.2) is 28.7 Å². The molecule has 0 bridgehead atoms. The SMILES string of the molecule is CC(C)(CCBr)NC(=O)c1cccc(Br)c1. The van der Waals surface area contributed by atoms with E-state index in [-0.39, 0.29) is 11.4 Å². The summed E-state index contributed by atoms with van der Waals surface area (Å²) in [7, 11) is 0. The molecule has 0 saturated heterocycles. The first-order chi connectivity index (χ1) is 7.44. The van der Waals surface area contributed by atoms with Gasteiger partial charge in [0, 0.05) is 20.9 Å². The van der Waals surface area contributed by atoms with Gasteiger partial charge >= 0.3 is 0 Å². The fraction of sp³-hybridized carbons (Fsp3) is 0.417. The van der Waals surface area contributed by atoms with Crippen LogP contribution in [0.4, 0.5) is 0 Å². The van der Waals surface area contributed by atoms with Gasteiger partial charge in [0.2, 0.25) is 0 Å². The molecule has 1 amide bonds. The molecule has 0 aliphatic rings. The monoisotopic (exact) mass is 347 g/mol. The van der Waals surface area contributed by atoms with Crippen molar-refractivity contribution in [3.05, 3.63) is 34.3 Å². The van der Waals surface area contributed by atoms with Crippen molar-refractivity contribution in [3.63, 3.8) is 0 Å². The Morgan fingerprint density at radius 3 is 2.69 bits per heavy atom. The van der Waals surface area contributed by atoms with Gasteiger partial charge in [-0.15, -0.1) is 0 Å². The number of amides is 1. The Morgan fingerprint density at radius 2 is 2.12 bits per heavy atom. The van der Waals surface area contributed by atoms with Gasteiger partial charge in [0.15, 0.2) is 0 Å². The van der Waals surface area contributed by atoms with Crippen LogP contribution in [0.3, 0.4) is 0 Å². The second-order valence-electron chi connectivity index (χ2n) is 4.29. The van der Waals surface area contributed by atoms with Crippen LogP contribution in [0.2, 0.25) is 0 Å². The van der Waals surface area contributed by atoms with Crippen LogP contribution in [0.5, 0.6) is 0 Å². The number of nitrogens with one attached hydrogen (secondary N) is 1. The highest BCUT2D eigenvalue weighted by Gasteiger charge is 2.20. The zero-order chi connectivity index (χ0) is 12.2. The Kier molecular flexibility index (Phi) is 4.99. The molecule has 0 atom stereocenters. The molecule has 0 saturated carbocycles. The molecular weight excluding hydrogens is 334 g/mol. The largest absolute Gasteiger partial charge is 0.347 e. The normalized spacial score (nSPS) is 11.2. The van der Waals surface area contributed by atoms with Crippen LogP contribution in [-0.2, 0) is 0 Å². The highest BCUT2D eigenvalue weighted by atomic mass is 79.9. The maximum Gasteiger partial charge on any atom is 0.251 e. The van der Waals surface area contributed by atoms with Crippen molar-refractivity contribution in [3.8, 4) is 0 Å². The molecule has 0 aliphatic heterocycles. The predicted molar refractivity (Wildman–Crippen MR) is 74.1 cm³/mol. The maximum absolute atomic E-state index is 11.9. The summed E-state index contributed by atoms with van der Waals surface area (Å²) in [5, 5.41) is 3.88. The van der Waals surface area contributed by atoms with Gasteiger partial charge in [-0.1, -0.05) is 37.9 Å². The van der Waals surface area contributed by atoms with E-state index in [2.05, 4.69) is 37.2 Å². The lowest BCUT2D eigenvalue weighted by Gasteiger charge is -2.25. The number of halogens is 2. The molecule has 1 rings (SSSR count). The molecule has 0 radical (unpaired) electrons. The minimum absolute atomic E-state index is 0.0350. The van der Waals surface area contributed by atoms with E-state index in [1.165, 1.54) is 0 Å². The van der Waals surface area contributed by atoms with E-state index < -0.39 is 0 Å². The summed E-state index contributed by atoms with van der Waals surface area (Å²) in [4.78, 5) is 11.9. The smallest absolute Gasteiger partial charge is 0.251 e. The molecule has 88 valence electrons. The van der Waals surface area contributed by atoms with Crippen LogP contribution in [0.1, 0.15) is 30.6 Å². The number of benzene rings is 1. The first-order valence-electron chi connectivity index (χ1n) is 5.09. The Hall–Kier alpha value is -0.350. The molecule has 1 N–H and O–H groups in total. The summed E-state index contributed by atoms with van der Waals surface area (Å²) in [6.07, 6.45) is 0.896. The second-order valence-corrected chi connectivity index (χ2v) is 6.00. The zero-order valence-corrected chi connectivity index (χ0v) is 12.6. The molecular formula is C12H15Br2NO. The van der Waals surface area contributed by atoms with Crippen molar-refractivity contribution >= 4 is 37.8 Å². The molecule has 16 heavy (non-hydrogen) atoms. The van der Waals surface area contributed by atoms with Gasteiger partial charge in [0.05, 0.1) is 0 Å². The lowest BCUT2D eigenvalue weighted by Crippen LogP contribution is -2.43. The van der Waals surface area contributed by atoms with E-state index in [1.54, 1.807) is 0 Å². The standard InChI is InChI=1S/C12H15Br2NO/c1-12(2,6-7-13)15-11(16)9-4-3-5-10(14)8-9/h3-5,8H,6-7H2,1-2H3,(H,15,16). The van der Waals surface area contributed by atoms with Crippen molar-refractivity contribution in [2.75, 3.05) is 5.33 Å². The van der Waals surface area contributed by atoms with Gasteiger partial charge in [-0.3, -0.25) is 4.79 Å². The summed E-state index contributed by atoms with van der Waals surface area (Å²) in [6, 6.07) is 7.39. The van der Waals surface area contributed by atoms with Gasteiger partial charge in [0.1, 0.15) is 0 Å². The van der Waals surface area contributed by atoms with E-state index in [9.17, 15) is 4.79 Å². The Balaban J connectivity index is 2.72. The average molecular weight is 349 g/mol. The molecule has 4 heteroatoms. The van der Waals surface area contributed by atoms with Gasteiger partial charge in [-0.05, 0) is 38.5 Å². The summed E-state index contributed by atoms with van der Waals surface area (Å²) in [5.74, 6) is -0.0350. The van der Waals surface area contributed by atoms with Crippen molar-refractivity contribution in [2.45, 2.75) is 25.8 Å². The van der Waals surface area contributed by atoms with Crippen LogP contribution in [-0.4, -0.2) is 16.8 Å². The number of hydrogen-bond donors (Lipinski definition) is 1. The summed E-state index contributed by atoms with van der Waals surface area (Å²) < 4.78 is 0.915. The maximum atomic E-state index is 11.9. The number of alkyl halides is 1. The lowest BCUT2D eigenvalue weighted by molar-refractivity contribution is 0.0912. The third-order valence-corrected chi connectivity index (χ3v) is 3.15. The molecule has 0 fully saturated rings. The molecule has 1 aromatic rings. The second kappa shape index (κ2) is 5.82. The third kappa shape index (κ3) is 4.26. The molecule has 0 unspecified atom stereocenters. The van der Waals surface area contributed by atoms with E-state index in [0.29, 0.717) is 5.56 Å². The van der Waals surface area contributed by atoms with E-state index in [4.69, 9.17) is 0 Å². The van der Waals surface area contributed by atoms with Gasteiger partial charge in [0.25, 0.3) is 5.91 Å².